The van der Waals surface area contributed by atoms with Gasteiger partial charge in [-0.25, -0.2) is 4.79 Å². The molecule has 172 valence electrons. The Bertz CT molecular complexity index is 1010. The van der Waals surface area contributed by atoms with Crippen molar-refractivity contribution in [2.24, 2.45) is 0 Å². The molecule has 1 aliphatic rings. The molecule has 4 rings (SSSR count). The Kier molecular flexibility index (Phi) is 7.63. The highest BCUT2D eigenvalue weighted by Crippen LogP contribution is 2.45. The molecular formula is C28H30O5. The van der Waals surface area contributed by atoms with Gasteiger partial charge < -0.3 is 19.3 Å². The van der Waals surface area contributed by atoms with Gasteiger partial charge >= 0.3 is 5.97 Å². The van der Waals surface area contributed by atoms with Gasteiger partial charge in [0.05, 0.1) is 6.61 Å². The van der Waals surface area contributed by atoms with Crippen LogP contribution in [0.25, 0.3) is 0 Å². The number of hydrogen-bond acceptors (Lipinski definition) is 4. The molecule has 0 aliphatic carbocycles. The standard InChI is InChI=1S/C28H30O5/c1-2-17-32-27(28(29)30)19-20-13-15-21(16-14-20)31-18-7-10-22-23-8-3-5-11-25(23)33-26-12-6-4-9-24(22)26/h3-6,8-9,11-16,22,27H,2,7,10,17-19H2,1H3,(H,29,30). The average Bonchev–Trinajstić information content (AvgIpc) is 2.84. The normalized spacial score (nSPS) is 13.5. The second kappa shape index (κ2) is 11.0. The molecule has 0 spiro atoms. The number of rotatable bonds is 11. The summed E-state index contributed by atoms with van der Waals surface area (Å²) in [5.41, 5.74) is 3.36. The van der Waals surface area contributed by atoms with Gasteiger partial charge in [-0.2, -0.15) is 0 Å². The zero-order valence-corrected chi connectivity index (χ0v) is 18.9. The lowest BCUT2D eigenvalue weighted by atomic mass is 9.85. The van der Waals surface area contributed by atoms with E-state index in [-0.39, 0.29) is 5.92 Å². The fourth-order valence-corrected chi connectivity index (χ4v) is 4.21. The fourth-order valence-electron chi connectivity index (χ4n) is 4.21. The van der Waals surface area contributed by atoms with Crippen LogP contribution in [0.2, 0.25) is 0 Å². The van der Waals surface area contributed by atoms with Crippen molar-refractivity contribution in [3.05, 3.63) is 89.5 Å². The number of benzene rings is 3. The van der Waals surface area contributed by atoms with Crippen molar-refractivity contribution in [2.45, 2.75) is 44.6 Å². The molecule has 3 aromatic carbocycles. The molecule has 3 aromatic rings. The fraction of sp³-hybridized carbons (Fsp3) is 0.321. The number of aliphatic carboxylic acids is 1. The van der Waals surface area contributed by atoms with E-state index in [2.05, 4.69) is 24.3 Å². The van der Waals surface area contributed by atoms with E-state index in [9.17, 15) is 9.90 Å². The number of carboxylic acids is 1. The van der Waals surface area contributed by atoms with Crippen molar-refractivity contribution in [1.82, 2.24) is 0 Å². The van der Waals surface area contributed by atoms with Gasteiger partial charge in [0.1, 0.15) is 17.2 Å². The van der Waals surface area contributed by atoms with Crippen LogP contribution in [0, 0.1) is 0 Å². The Hall–Kier alpha value is -3.31. The minimum atomic E-state index is -0.931. The summed E-state index contributed by atoms with van der Waals surface area (Å²) >= 11 is 0. The zero-order valence-electron chi connectivity index (χ0n) is 18.9. The van der Waals surface area contributed by atoms with Gasteiger partial charge in [0.15, 0.2) is 6.10 Å². The van der Waals surface area contributed by atoms with Crippen LogP contribution in [0.15, 0.2) is 72.8 Å². The Balaban J connectivity index is 1.31. The number of fused-ring (bicyclic) bond motifs is 2. The number of hydrogen-bond donors (Lipinski definition) is 1. The highest BCUT2D eigenvalue weighted by atomic mass is 16.5. The minimum absolute atomic E-state index is 0.285. The van der Waals surface area contributed by atoms with E-state index in [0.29, 0.717) is 19.6 Å². The van der Waals surface area contributed by atoms with Crippen molar-refractivity contribution >= 4 is 5.97 Å². The van der Waals surface area contributed by atoms with E-state index in [4.69, 9.17) is 14.2 Å². The monoisotopic (exact) mass is 446 g/mol. The zero-order chi connectivity index (χ0) is 23.0. The van der Waals surface area contributed by atoms with E-state index in [1.807, 2.05) is 55.5 Å². The van der Waals surface area contributed by atoms with Crippen LogP contribution >= 0.6 is 0 Å². The topological polar surface area (TPSA) is 65.0 Å². The summed E-state index contributed by atoms with van der Waals surface area (Å²) in [4.78, 5) is 11.4. The number of ether oxygens (including phenoxy) is 3. The van der Waals surface area contributed by atoms with Gasteiger partial charge in [0, 0.05) is 30.1 Å². The molecule has 1 atom stereocenters. The molecule has 1 heterocycles. The van der Waals surface area contributed by atoms with Crippen molar-refractivity contribution in [1.29, 1.82) is 0 Å². The first kappa shape index (κ1) is 22.9. The highest BCUT2D eigenvalue weighted by Gasteiger charge is 2.26. The second-order valence-corrected chi connectivity index (χ2v) is 8.27. The molecule has 0 amide bonds. The lowest BCUT2D eigenvalue weighted by Crippen LogP contribution is -2.26. The number of carboxylic acid groups (broad SMARTS) is 1. The molecule has 5 nitrogen and oxygen atoms in total. The summed E-state index contributed by atoms with van der Waals surface area (Å²) in [7, 11) is 0. The van der Waals surface area contributed by atoms with Gasteiger partial charge in [-0.05, 0) is 49.1 Å². The molecule has 1 aliphatic heterocycles. The van der Waals surface area contributed by atoms with E-state index < -0.39 is 12.1 Å². The van der Waals surface area contributed by atoms with Crippen LogP contribution < -0.4 is 9.47 Å². The summed E-state index contributed by atoms with van der Waals surface area (Å²) < 4.78 is 17.5. The summed E-state index contributed by atoms with van der Waals surface area (Å²) in [5, 5.41) is 9.33. The SMILES string of the molecule is CCCOC(Cc1ccc(OCCCC2c3ccccc3Oc3ccccc32)cc1)C(=O)O. The Labute approximate surface area is 194 Å². The quantitative estimate of drug-likeness (QED) is 0.355. The molecule has 0 saturated heterocycles. The molecule has 0 bridgehead atoms. The Morgan fingerprint density at radius 2 is 1.58 bits per heavy atom. The third kappa shape index (κ3) is 5.74. The van der Waals surface area contributed by atoms with E-state index in [1.165, 1.54) is 11.1 Å². The van der Waals surface area contributed by atoms with Gasteiger partial charge in [-0.15, -0.1) is 0 Å². The smallest absolute Gasteiger partial charge is 0.333 e. The maximum Gasteiger partial charge on any atom is 0.333 e. The lowest BCUT2D eigenvalue weighted by Gasteiger charge is -2.28. The van der Waals surface area contributed by atoms with Crippen LogP contribution in [-0.2, 0) is 16.0 Å². The minimum Gasteiger partial charge on any atom is -0.494 e. The molecular weight excluding hydrogens is 416 g/mol. The van der Waals surface area contributed by atoms with E-state index in [0.717, 1.165) is 42.1 Å². The second-order valence-electron chi connectivity index (χ2n) is 8.27. The van der Waals surface area contributed by atoms with Crippen LogP contribution in [0.4, 0.5) is 0 Å². The maximum absolute atomic E-state index is 11.4. The first-order chi connectivity index (χ1) is 16.2. The number of para-hydroxylation sites is 2. The summed E-state index contributed by atoms with van der Waals surface area (Å²) in [6.07, 6.45) is 2.19. The largest absolute Gasteiger partial charge is 0.494 e. The first-order valence-corrected chi connectivity index (χ1v) is 11.6. The first-order valence-electron chi connectivity index (χ1n) is 11.6. The molecule has 5 heteroatoms. The van der Waals surface area contributed by atoms with Gasteiger partial charge in [-0.1, -0.05) is 55.5 Å². The average molecular weight is 447 g/mol. The summed E-state index contributed by atoms with van der Waals surface area (Å²) in [6, 6.07) is 24.1. The van der Waals surface area contributed by atoms with Gasteiger partial charge in [0.2, 0.25) is 0 Å². The van der Waals surface area contributed by atoms with E-state index in [1.54, 1.807) is 0 Å². The van der Waals surface area contributed by atoms with Crippen molar-refractivity contribution in [3.8, 4) is 17.2 Å². The molecule has 1 N–H and O–H groups in total. The van der Waals surface area contributed by atoms with Crippen molar-refractivity contribution in [3.63, 3.8) is 0 Å². The lowest BCUT2D eigenvalue weighted by molar-refractivity contribution is -0.150. The van der Waals surface area contributed by atoms with Gasteiger partial charge in [0.25, 0.3) is 0 Å². The molecule has 1 unspecified atom stereocenters. The van der Waals surface area contributed by atoms with Crippen LogP contribution in [0.1, 0.15) is 48.8 Å². The Morgan fingerprint density at radius 3 is 2.18 bits per heavy atom. The Morgan fingerprint density at radius 1 is 0.939 bits per heavy atom. The highest BCUT2D eigenvalue weighted by molar-refractivity contribution is 5.72. The maximum atomic E-state index is 11.4. The van der Waals surface area contributed by atoms with Crippen LogP contribution in [0.5, 0.6) is 17.2 Å². The third-order valence-electron chi connectivity index (χ3n) is 5.86. The molecule has 0 aromatic heterocycles. The summed E-state index contributed by atoms with van der Waals surface area (Å²) in [6.45, 7) is 3.02. The van der Waals surface area contributed by atoms with Crippen LogP contribution in [0.3, 0.4) is 0 Å². The number of carbonyl (C=O) groups is 1. The third-order valence-corrected chi connectivity index (χ3v) is 5.86. The predicted molar refractivity (Wildman–Crippen MR) is 127 cm³/mol. The van der Waals surface area contributed by atoms with Crippen molar-refractivity contribution in [2.75, 3.05) is 13.2 Å². The predicted octanol–water partition coefficient (Wildman–Crippen LogP) is 6.21. The van der Waals surface area contributed by atoms with Crippen LogP contribution in [-0.4, -0.2) is 30.4 Å². The molecule has 0 saturated carbocycles. The molecule has 0 radical (unpaired) electrons. The van der Waals surface area contributed by atoms with Crippen molar-refractivity contribution < 1.29 is 24.1 Å². The summed E-state index contributed by atoms with van der Waals surface area (Å²) in [5.74, 6) is 2.00. The van der Waals surface area contributed by atoms with E-state index >= 15 is 0 Å². The molecule has 33 heavy (non-hydrogen) atoms. The molecule has 0 fully saturated rings. The van der Waals surface area contributed by atoms with Gasteiger partial charge in [-0.3, -0.25) is 0 Å².